The molecule has 0 bridgehead atoms. The van der Waals surface area contributed by atoms with Gasteiger partial charge in [-0.05, 0) is 6.42 Å². The number of carbonyl (C=O) groups excluding carboxylic acids is 4. The lowest BCUT2D eigenvalue weighted by molar-refractivity contribution is -0.305. The van der Waals surface area contributed by atoms with E-state index < -0.39 is 54.7 Å². The van der Waals surface area contributed by atoms with Crippen LogP contribution < -0.4 is 0 Å². The fraction of sp³-hybridized carbons (Fsp3) is 0.714. The number of carbonyl (C=O) groups is 4. The quantitative estimate of drug-likeness (QED) is 0.363. The summed E-state index contributed by atoms with van der Waals surface area (Å²) in [6, 6.07) is 0. The molecular formula is C21H28O11. The van der Waals surface area contributed by atoms with Gasteiger partial charge in [-0.3, -0.25) is 19.2 Å². The van der Waals surface area contributed by atoms with Crippen LogP contribution in [0.5, 0.6) is 0 Å². The van der Waals surface area contributed by atoms with Crippen molar-refractivity contribution in [1.29, 1.82) is 0 Å². The van der Waals surface area contributed by atoms with Gasteiger partial charge in [0.1, 0.15) is 24.9 Å². The molecule has 178 valence electrons. The van der Waals surface area contributed by atoms with Crippen LogP contribution in [0.4, 0.5) is 0 Å². The molecule has 0 spiro atoms. The lowest BCUT2D eigenvalue weighted by Crippen LogP contribution is -2.62. The second-order valence-electron chi connectivity index (χ2n) is 7.81. The van der Waals surface area contributed by atoms with Crippen molar-refractivity contribution < 1.29 is 52.3 Å². The lowest BCUT2D eigenvalue weighted by Gasteiger charge is -2.44. The average Bonchev–Trinajstić information content (AvgIpc) is 3.29. The maximum absolute atomic E-state index is 12.6. The number of hydrogen-bond acceptors (Lipinski definition) is 11. The zero-order valence-electron chi connectivity index (χ0n) is 18.4. The van der Waals surface area contributed by atoms with Crippen LogP contribution in [0.2, 0.25) is 0 Å². The Morgan fingerprint density at radius 3 is 2.31 bits per heavy atom. The van der Waals surface area contributed by atoms with Crippen LogP contribution in [0.1, 0.15) is 27.2 Å². The Hall–Kier alpha value is -2.34. The highest BCUT2D eigenvalue weighted by Crippen LogP contribution is 2.34. The molecule has 2 aliphatic heterocycles. The van der Waals surface area contributed by atoms with Crippen molar-refractivity contribution in [3.05, 3.63) is 11.6 Å². The molecule has 1 aliphatic carbocycles. The maximum Gasteiger partial charge on any atom is 0.303 e. The summed E-state index contributed by atoms with van der Waals surface area (Å²) in [5, 5.41) is 0. The maximum atomic E-state index is 12.6. The van der Waals surface area contributed by atoms with Crippen LogP contribution in [0, 0.1) is 5.92 Å². The number of ether oxygens (including phenoxy) is 7. The zero-order chi connectivity index (χ0) is 23.4. The van der Waals surface area contributed by atoms with Gasteiger partial charge in [0.05, 0.1) is 6.61 Å². The molecule has 0 aromatic heterocycles. The summed E-state index contributed by atoms with van der Waals surface area (Å²) in [4.78, 5) is 47.4. The minimum absolute atomic E-state index is 0.00719. The highest BCUT2D eigenvalue weighted by Gasteiger charge is 2.51. The highest BCUT2D eigenvalue weighted by atomic mass is 16.7. The fourth-order valence-electron chi connectivity index (χ4n) is 4.12. The number of fused-ring (bicyclic) bond motifs is 1. The van der Waals surface area contributed by atoms with Gasteiger partial charge in [0.15, 0.2) is 24.3 Å². The highest BCUT2D eigenvalue weighted by molar-refractivity contribution is 6.02. The van der Waals surface area contributed by atoms with Crippen molar-refractivity contribution in [2.45, 2.75) is 64.0 Å². The number of ketones is 1. The number of methoxy groups -OCH3 is 1. The standard InChI is InChI=1S/C21H28O11/c1-10(22)28-9-15-18(30-11(2)23)19(20(31-12(3)24)21(26-4)32-15)29-8-14-7-13-5-6-27-17(13)16(14)25/h7,13,15,17-21H,5-6,8-9H2,1-4H3/t13?,15-,17?,18+,19+,20-,21-/m1/s1. The number of esters is 3. The molecule has 7 atom stereocenters. The van der Waals surface area contributed by atoms with E-state index in [9.17, 15) is 19.2 Å². The zero-order valence-corrected chi connectivity index (χ0v) is 18.4. The molecule has 3 rings (SSSR count). The van der Waals surface area contributed by atoms with Crippen LogP contribution in [-0.4, -0.2) is 87.4 Å². The predicted molar refractivity (Wildman–Crippen MR) is 104 cm³/mol. The van der Waals surface area contributed by atoms with Gasteiger partial charge in [-0.1, -0.05) is 6.08 Å². The Morgan fingerprint density at radius 1 is 1.03 bits per heavy atom. The summed E-state index contributed by atoms with van der Waals surface area (Å²) in [5.74, 6) is -1.98. The molecule has 0 saturated carbocycles. The fourth-order valence-corrected chi connectivity index (χ4v) is 4.12. The molecule has 0 aromatic rings. The Labute approximate surface area is 185 Å². The Kier molecular flexibility index (Phi) is 7.99. The van der Waals surface area contributed by atoms with Gasteiger partial charge in [-0.15, -0.1) is 0 Å². The molecule has 2 unspecified atom stereocenters. The van der Waals surface area contributed by atoms with Crippen molar-refractivity contribution in [3.63, 3.8) is 0 Å². The Balaban J connectivity index is 1.84. The largest absolute Gasteiger partial charge is 0.463 e. The van der Waals surface area contributed by atoms with Gasteiger partial charge in [0.25, 0.3) is 0 Å². The molecule has 2 saturated heterocycles. The van der Waals surface area contributed by atoms with Crippen LogP contribution in [0.3, 0.4) is 0 Å². The third kappa shape index (κ3) is 5.52. The van der Waals surface area contributed by atoms with Crippen molar-refractivity contribution in [2.24, 2.45) is 5.92 Å². The lowest BCUT2D eigenvalue weighted by atomic mass is 9.98. The summed E-state index contributed by atoms with van der Waals surface area (Å²) in [5.41, 5.74) is 0.430. The van der Waals surface area contributed by atoms with E-state index in [0.717, 1.165) is 6.42 Å². The molecule has 32 heavy (non-hydrogen) atoms. The summed E-state index contributed by atoms with van der Waals surface area (Å²) in [6.07, 6.45) is -3.24. The van der Waals surface area contributed by atoms with Crippen LogP contribution in [0.15, 0.2) is 11.6 Å². The van der Waals surface area contributed by atoms with E-state index in [1.54, 1.807) is 0 Å². The molecule has 0 radical (unpaired) electrons. The molecule has 0 amide bonds. The first-order valence-electron chi connectivity index (χ1n) is 10.4. The minimum atomic E-state index is -1.11. The Morgan fingerprint density at radius 2 is 1.72 bits per heavy atom. The van der Waals surface area contributed by atoms with Crippen molar-refractivity contribution >= 4 is 23.7 Å². The van der Waals surface area contributed by atoms with Gasteiger partial charge in [-0.25, -0.2) is 0 Å². The van der Waals surface area contributed by atoms with E-state index in [1.807, 2.05) is 6.08 Å². The molecule has 2 fully saturated rings. The van der Waals surface area contributed by atoms with Crippen molar-refractivity contribution in [3.8, 4) is 0 Å². The van der Waals surface area contributed by atoms with Crippen molar-refractivity contribution in [2.75, 3.05) is 26.9 Å². The topological polar surface area (TPSA) is 133 Å². The second-order valence-corrected chi connectivity index (χ2v) is 7.81. The monoisotopic (exact) mass is 456 g/mol. The SMILES string of the molecule is CO[C@@H]1O[C@H](COC(C)=O)[C@H](OC(C)=O)[C@H](OCC2=CC3CCOC3C2=O)[C@H]1OC(C)=O. The summed E-state index contributed by atoms with van der Waals surface area (Å²) in [7, 11) is 1.34. The third-order valence-electron chi connectivity index (χ3n) is 5.44. The van der Waals surface area contributed by atoms with Crippen LogP contribution >= 0.6 is 0 Å². The van der Waals surface area contributed by atoms with Crippen LogP contribution in [0.25, 0.3) is 0 Å². The third-order valence-corrected chi connectivity index (χ3v) is 5.44. The molecule has 3 aliphatic rings. The summed E-state index contributed by atoms with van der Waals surface area (Å²) < 4.78 is 38.4. The van der Waals surface area contributed by atoms with E-state index >= 15 is 0 Å². The molecule has 0 aromatic carbocycles. The van der Waals surface area contributed by atoms with Gasteiger partial charge < -0.3 is 33.2 Å². The van der Waals surface area contributed by atoms with Gasteiger partial charge in [0, 0.05) is 46.0 Å². The van der Waals surface area contributed by atoms with Crippen LogP contribution in [-0.2, 0) is 52.3 Å². The Bertz CT molecular complexity index is 776. The molecular weight excluding hydrogens is 428 g/mol. The van der Waals surface area contributed by atoms with E-state index in [1.165, 1.54) is 27.9 Å². The van der Waals surface area contributed by atoms with E-state index in [4.69, 9.17) is 33.2 Å². The molecule has 0 N–H and O–H groups in total. The van der Waals surface area contributed by atoms with E-state index in [0.29, 0.717) is 12.2 Å². The minimum Gasteiger partial charge on any atom is -0.463 e. The first-order chi connectivity index (χ1) is 15.2. The van der Waals surface area contributed by atoms with E-state index in [2.05, 4.69) is 0 Å². The number of hydrogen-bond donors (Lipinski definition) is 0. The smallest absolute Gasteiger partial charge is 0.303 e. The van der Waals surface area contributed by atoms with Gasteiger partial charge >= 0.3 is 17.9 Å². The van der Waals surface area contributed by atoms with E-state index in [-0.39, 0.29) is 24.9 Å². The molecule has 11 nitrogen and oxygen atoms in total. The van der Waals surface area contributed by atoms with Crippen molar-refractivity contribution in [1.82, 2.24) is 0 Å². The predicted octanol–water partition coefficient (Wildman–Crippen LogP) is 0.0836. The normalized spacial score (nSPS) is 33.9. The molecule has 2 heterocycles. The second kappa shape index (κ2) is 10.5. The first-order valence-corrected chi connectivity index (χ1v) is 10.4. The summed E-state index contributed by atoms with van der Waals surface area (Å²) in [6.45, 7) is 3.79. The first kappa shape index (κ1) is 24.3. The average molecular weight is 456 g/mol. The number of rotatable bonds is 8. The molecule has 11 heteroatoms. The summed E-state index contributed by atoms with van der Waals surface area (Å²) >= 11 is 0. The van der Waals surface area contributed by atoms with Gasteiger partial charge in [-0.2, -0.15) is 0 Å². The number of Topliss-reactive ketones (excluding diaryl/α,β-unsaturated/α-hetero) is 1. The van der Waals surface area contributed by atoms with Gasteiger partial charge in [0.2, 0.25) is 0 Å².